The van der Waals surface area contributed by atoms with E-state index in [1.807, 2.05) is 13.8 Å². The van der Waals surface area contributed by atoms with Crippen molar-refractivity contribution in [3.05, 3.63) is 5.82 Å². The number of hydrogen-bond acceptors (Lipinski definition) is 4. The third-order valence-corrected chi connectivity index (χ3v) is 2.20. The molecule has 0 atom stereocenters. The number of rotatable bonds is 5. The molecule has 0 aliphatic heterocycles. The van der Waals surface area contributed by atoms with Crippen molar-refractivity contribution in [1.29, 1.82) is 0 Å². The number of carboxylic acids is 1. The molecule has 6 heteroatoms. The van der Waals surface area contributed by atoms with E-state index in [-0.39, 0.29) is 12.5 Å². The Balaban J connectivity index is 2.85. The highest BCUT2D eigenvalue weighted by molar-refractivity contribution is 5.66. The van der Waals surface area contributed by atoms with Crippen LogP contribution in [0.1, 0.15) is 38.4 Å². The Hall–Kier alpha value is -1.46. The molecule has 1 heterocycles. The first-order valence-electron chi connectivity index (χ1n) is 4.66. The molecule has 1 aromatic heterocycles. The van der Waals surface area contributed by atoms with Crippen molar-refractivity contribution in [3.8, 4) is 0 Å². The summed E-state index contributed by atoms with van der Waals surface area (Å²) in [5.74, 6) is -0.0220. The van der Waals surface area contributed by atoms with Crippen molar-refractivity contribution >= 4 is 5.97 Å². The van der Waals surface area contributed by atoms with Crippen LogP contribution in [0.4, 0.5) is 0 Å². The van der Waals surface area contributed by atoms with Crippen LogP contribution in [0.5, 0.6) is 0 Å². The van der Waals surface area contributed by atoms with Crippen LogP contribution >= 0.6 is 0 Å². The van der Waals surface area contributed by atoms with Crippen molar-refractivity contribution in [2.75, 3.05) is 0 Å². The average Bonchev–Trinajstić information content (AvgIpc) is 2.55. The summed E-state index contributed by atoms with van der Waals surface area (Å²) < 4.78 is 1.35. The van der Waals surface area contributed by atoms with Gasteiger partial charge in [0, 0.05) is 5.92 Å². The van der Waals surface area contributed by atoms with Crippen LogP contribution in [-0.4, -0.2) is 31.3 Å². The topological polar surface area (TPSA) is 80.9 Å². The van der Waals surface area contributed by atoms with E-state index in [1.165, 1.54) is 4.68 Å². The van der Waals surface area contributed by atoms with Gasteiger partial charge in [-0.1, -0.05) is 13.8 Å². The molecule has 0 unspecified atom stereocenters. The first kappa shape index (κ1) is 10.6. The zero-order valence-electron chi connectivity index (χ0n) is 8.34. The highest BCUT2D eigenvalue weighted by atomic mass is 16.4. The Labute approximate surface area is 81.9 Å². The van der Waals surface area contributed by atoms with Crippen molar-refractivity contribution in [2.24, 2.45) is 0 Å². The van der Waals surface area contributed by atoms with Gasteiger partial charge in [0.25, 0.3) is 0 Å². The number of carbonyl (C=O) groups is 1. The molecule has 6 nitrogen and oxygen atoms in total. The Kier molecular flexibility index (Phi) is 3.55. The molecule has 1 aromatic rings. The van der Waals surface area contributed by atoms with Crippen LogP contribution in [0.3, 0.4) is 0 Å². The first-order valence-corrected chi connectivity index (χ1v) is 4.66. The summed E-state index contributed by atoms with van der Waals surface area (Å²) in [6.45, 7) is 3.90. The van der Waals surface area contributed by atoms with Gasteiger partial charge in [0.2, 0.25) is 0 Å². The van der Waals surface area contributed by atoms with E-state index in [2.05, 4.69) is 15.5 Å². The molecule has 0 saturated heterocycles. The van der Waals surface area contributed by atoms with Gasteiger partial charge in [-0.05, 0) is 23.3 Å². The highest BCUT2D eigenvalue weighted by Crippen LogP contribution is 2.19. The number of tetrazole rings is 1. The number of carboxylic acid groups (broad SMARTS) is 1. The Morgan fingerprint density at radius 3 is 2.64 bits per heavy atom. The monoisotopic (exact) mass is 198 g/mol. The minimum atomic E-state index is -0.926. The summed E-state index contributed by atoms with van der Waals surface area (Å²) in [6.07, 6.45) is 1.83. The molecule has 78 valence electrons. The van der Waals surface area contributed by atoms with Crippen molar-refractivity contribution in [2.45, 2.75) is 39.2 Å². The summed E-state index contributed by atoms with van der Waals surface area (Å²) in [7, 11) is 0. The van der Waals surface area contributed by atoms with Crippen molar-refractivity contribution < 1.29 is 9.90 Å². The predicted octanol–water partition coefficient (Wildman–Crippen LogP) is 0.661. The second-order valence-corrected chi connectivity index (χ2v) is 3.10. The number of nitrogens with zero attached hydrogens (tertiary/aromatic N) is 4. The molecule has 1 N–H and O–H groups in total. The minimum Gasteiger partial charge on any atom is -0.480 e. The van der Waals surface area contributed by atoms with Gasteiger partial charge in [0.05, 0.1) is 0 Å². The second kappa shape index (κ2) is 4.69. The average molecular weight is 198 g/mol. The summed E-state index contributed by atoms with van der Waals surface area (Å²) in [4.78, 5) is 10.5. The lowest BCUT2D eigenvalue weighted by Gasteiger charge is -2.10. The van der Waals surface area contributed by atoms with Gasteiger partial charge in [-0.15, -0.1) is 5.10 Å². The fourth-order valence-corrected chi connectivity index (χ4v) is 1.40. The smallest absolute Gasteiger partial charge is 0.325 e. The third-order valence-electron chi connectivity index (χ3n) is 2.20. The number of aromatic nitrogens is 4. The van der Waals surface area contributed by atoms with Crippen LogP contribution in [0, 0.1) is 0 Å². The molecular formula is C8H14N4O2. The molecule has 0 fully saturated rings. The van der Waals surface area contributed by atoms with E-state index in [4.69, 9.17) is 5.11 Å². The molecule has 0 amide bonds. The minimum absolute atomic E-state index is 0.168. The second-order valence-electron chi connectivity index (χ2n) is 3.10. The molecule has 0 saturated carbocycles. The maximum Gasteiger partial charge on any atom is 0.325 e. The number of hydrogen-bond donors (Lipinski definition) is 1. The fraction of sp³-hybridized carbons (Fsp3) is 0.750. The Bertz CT molecular complexity index is 306. The van der Waals surface area contributed by atoms with E-state index in [0.29, 0.717) is 5.82 Å². The first-order chi connectivity index (χ1) is 6.69. The Morgan fingerprint density at radius 2 is 2.14 bits per heavy atom. The summed E-state index contributed by atoms with van der Waals surface area (Å²) >= 11 is 0. The van der Waals surface area contributed by atoms with Gasteiger partial charge in [0.1, 0.15) is 6.54 Å². The fourth-order valence-electron chi connectivity index (χ4n) is 1.40. The maximum atomic E-state index is 10.5. The standard InChI is InChI=1S/C8H14N4O2/c1-3-6(4-2)8-9-10-11-12(8)5-7(13)14/h6H,3-5H2,1-2H3,(H,13,14). The summed E-state index contributed by atoms with van der Waals surface area (Å²) in [5, 5.41) is 19.6. The molecular weight excluding hydrogens is 184 g/mol. The molecule has 0 radical (unpaired) electrons. The largest absolute Gasteiger partial charge is 0.480 e. The molecule has 0 spiro atoms. The van der Waals surface area contributed by atoms with E-state index < -0.39 is 5.97 Å². The summed E-state index contributed by atoms with van der Waals surface area (Å²) in [5.41, 5.74) is 0. The van der Waals surface area contributed by atoms with E-state index >= 15 is 0 Å². The molecule has 14 heavy (non-hydrogen) atoms. The highest BCUT2D eigenvalue weighted by Gasteiger charge is 2.16. The van der Waals surface area contributed by atoms with Crippen LogP contribution in [0.25, 0.3) is 0 Å². The molecule has 1 rings (SSSR count). The zero-order valence-corrected chi connectivity index (χ0v) is 8.34. The zero-order chi connectivity index (χ0) is 10.6. The van der Waals surface area contributed by atoms with Gasteiger partial charge in [-0.3, -0.25) is 4.79 Å². The van der Waals surface area contributed by atoms with Gasteiger partial charge >= 0.3 is 5.97 Å². The van der Waals surface area contributed by atoms with Crippen LogP contribution in [-0.2, 0) is 11.3 Å². The van der Waals surface area contributed by atoms with Crippen LogP contribution in [0.15, 0.2) is 0 Å². The molecule has 0 bridgehead atoms. The van der Waals surface area contributed by atoms with Crippen molar-refractivity contribution in [3.63, 3.8) is 0 Å². The van der Waals surface area contributed by atoms with E-state index in [9.17, 15) is 4.79 Å². The molecule has 0 aliphatic carbocycles. The lowest BCUT2D eigenvalue weighted by molar-refractivity contribution is -0.138. The lowest BCUT2D eigenvalue weighted by atomic mass is 10.0. The Morgan fingerprint density at radius 1 is 1.50 bits per heavy atom. The normalized spacial score (nSPS) is 10.8. The van der Waals surface area contributed by atoms with E-state index in [1.54, 1.807) is 0 Å². The lowest BCUT2D eigenvalue weighted by Crippen LogP contribution is -2.15. The quantitative estimate of drug-likeness (QED) is 0.751. The van der Waals surface area contributed by atoms with Crippen LogP contribution < -0.4 is 0 Å². The molecule has 0 aromatic carbocycles. The van der Waals surface area contributed by atoms with Gasteiger partial charge in [-0.2, -0.15) is 0 Å². The predicted molar refractivity (Wildman–Crippen MR) is 48.8 cm³/mol. The summed E-state index contributed by atoms with van der Waals surface area (Å²) in [6, 6.07) is 0. The SMILES string of the molecule is CCC(CC)c1nnnn1CC(=O)O. The van der Waals surface area contributed by atoms with Gasteiger partial charge in [0.15, 0.2) is 5.82 Å². The van der Waals surface area contributed by atoms with Crippen LogP contribution in [0.2, 0.25) is 0 Å². The van der Waals surface area contributed by atoms with Gasteiger partial charge in [-0.25, -0.2) is 4.68 Å². The number of aliphatic carboxylic acids is 1. The van der Waals surface area contributed by atoms with E-state index in [0.717, 1.165) is 12.8 Å². The molecule has 0 aliphatic rings. The third kappa shape index (κ3) is 2.27. The maximum absolute atomic E-state index is 10.5. The van der Waals surface area contributed by atoms with Crippen molar-refractivity contribution in [1.82, 2.24) is 20.2 Å². The van der Waals surface area contributed by atoms with Gasteiger partial charge < -0.3 is 5.11 Å².